The Labute approximate surface area is 118 Å². The molecule has 1 N–H and O–H groups in total. The van der Waals surface area contributed by atoms with Gasteiger partial charge in [0.25, 0.3) is 0 Å². The van der Waals surface area contributed by atoms with Crippen LogP contribution in [0.2, 0.25) is 0 Å². The fourth-order valence-corrected chi connectivity index (χ4v) is 2.49. The summed E-state index contributed by atoms with van der Waals surface area (Å²) >= 11 is 0. The molecular formula is C16H31NO2. The van der Waals surface area contributed by atoms with Crippen molar-refractivity contribution in [1.82, 2.24) is 5.32 Å². The van der Waals surface area contributed by atoms with E-state index < -0.39 is 0 Å². The third-order valence-corrected chi connectivity index (χ3v) is 3.63. The Hall–Kier alpha value is -0.570. The summed E-state index contributed by atoms with van der Waals surface area (Å²) in [6.07, 6.45) is 9.25. The largest absolute Gasteiger partial charge is 0.460 e. The monoisotopic (exact) mass is 269 g/mol. The van der Waals surface area contributed by atoms with Gasteiger partial charge < -0.3 is 10.1 Å². The SMILES string of the molecule is CC(CNC1CCCCCCC1)C(=O)OC(C)(C)C. The maximum Gasteiger partial charge on any atom is 0.310 e. The first-order chi connectivity index (χ1) is 8.88. The van der Waals surface area contributed by atoms with Crippen LogP contribution in [0.15, 0.2) is 0 Å². The van der Waals surface area contributed by atoms with Gasteiger partial charge in [0.2, 0.25) is 0 Å². The molecule has 0 amide bonds. The Morgan fingerprint density at radius 1 is 1.16 bits per heavy atom. The zero-order valence-corrected chi connectivity index (χ0v) is 13.1. The van der Waals surface area contributed by atoms with Crippen LogP contribution < -0.4 is 5.32 Å². The summed E-state index contributed by atoms with van der Waals surface area (Å²) in [6.45, 7) is 8.43. The molecule has 1 saturated carbocycles. The molecule has 0 heterocycles. The van der Waals surface area contributed by atoms with Gasteiger partial charge in [-0.3, -0.25) is 4.79 Å². The normalized spacial score (nSPS) is 20.4. The van der Waals surface area contributed by atoms with Crippen LogP contribution in [0.5, 0.6) is 0 Å². The molecule has 3 heteroatoms. The highest BCUT2D eigenvalue weighted by atomic mass is 16.6. The minimum absolute atomic E-state index is 0.0651. The summed E-state index contributed by atoms with van der Waals surface area (Å²) in [4.78, 5) is 11.9. The zero-order valence-electron chi connectivity index (χ0n) is 13.1. The van der Waals surface area contributed by atoms with Crippen molar-refractivity contribution >= 4 is 5.97 Å². The van der Waals surface area contributed by atoms with Crippen LogP contribution in [0.25, 0.3) is 0 Å². The molecule has 112 valence electrons. The first kappa shape index (κ1) is 16.5. The average Bonchev–Trinajstić information content (AvgIpc) is 2.24. The highest BCUT2D eigenvalue weighted by Crippen LogP contribution is 2.17. The molecule has 0 aromatic heterocycles. The smallest absolute Gasteiger partial charge is 0.310 e. The summed E-state index contributed by atoms with van der Waals surface area (Å²) in [7, 11) is 0. The molecule has 0 aliphatic heterocycles. The fourth-order valence-electron chi connectivity index (χ4n) is 2.49. The fraction of sp³-hybridized carbons (Fsp3) is 0.938. The standard InChI is InChI=1S/C16H31NO2/c1-13(15(18)19-16(2,3)4)12-17-14-10-8-6-5-7-9-11-14/h13-14,17H,5-12H2,1-4H3. The predicted octanol–water partition coefficient (Wildman–Crippen LogP) is 3.67. The van der Waals surface area contributed by atoms with Gasteiger partial charge in [-0.15, -0.1) is 0 Å². The molecule has 0 bridgehead atoms. The lowest BCUT2D eigenvalue weighted by Crippen LogP contribution is -2.37. The summed E-state index contributed by atoms with van der Waals surface area (Å²) in [6, 6.07) is 0.588. The molecule has 0 saturated heterocycles. The molecule has 0 spiro atoms. The van der Waals surface area contributed by atoms with E-state index in [1.54, 1.807) is 0 Å². The summed E-state index contributed by atoms with van der Waals surface area (Å²) in [5, 5.41) is 3.55. The second-order valence-corrected chi connectivity index (χ2v) is 6.88. The predicted molar refractivity (Wildman–Crippen MR) is 79.1 cm³/mol. The first-order valence-corrected chi connectivity index (χ1v) is 7.85. The molecule has 19 heavy (non-hydrogen) atoms. The van der Waals surface area contributed by atoms with Crippen molar-refractivity contribution in [3.05, 3.63) is 0 Å². The van der Waals surface area contributed by atoms with Gasteiger partial charge in [0.1, 0.15) is 5.60 Å². The quantitative estimate of drug-likeness (QED) is 0.791. The van der Waals surface area contributed by atoms with Crippen LogP contribution in [-0.4, -0.2) is 24.2 Å². The van der Waals surface area contributed by atoms with Crippen molar-refractivity contribution in [2.45, 2.75) is 84.3 Å². The second kappa shape index (κ2) is 7.88. The number of ether oxygens (including phenoxy) is 1. The molecule has 1 fully saturated rings. The Morgan fingerprint density at radius 3 is 2.21 bits per heavy atom. The molecule has 1 aliphatic carbocycles. The maximum absolute atomic E-state index is 11.9. The van der Waals surface area contributed by atoms with E-state index in [0.717, 1.165) is 6.54 Å². The third-order valence-electron chi connectivity index (χ3n) is 3.63. The van der Waals surface area contributed by atoms with Crippen LogP contribution in [0.4, 0.5) is 0 Å². The van der Waals surface area contributed by atoms with Crippen molar-refractivity contribution in [2.24, 2.45) is 5.92 Å². The van der Waals surface area contributed by atoms with Crippen LogP contribution >= 0.6 is 0 Å². The van der Waals surface area contributed by atoms with Crippen molar-refractivity contribution in [3.63, 3.8) is 0 Å². The number of nitrogens with one attached hydrogen (secondary N) is 1. The van der Waals surface area contributed by atoms with E-state index in [9.17, 15) is 4.79 Å². The molecule has 3 nitrogen and oxygen atoms in total. The van der Waals surface area contributed by atoms with Gasteiger partial charge in [-0.2, -0.15) is 0 Å². The number of hydrogen-bond acceptors (Lipinski definition) is 3. The first-order valence-electron chi connectivity index (χ1n) is 7.85. The summed E-state index contributed by atoms with van der Waals surface area (Å²) in [5.74, 6) is -0.157. The van der Waals surface area contributed by atoms with Gasteiger partial charge in [0.05, 0.1) is 5.92 Å². The van der Waals surface area contributed by atoms with Gasteiger partial charge in [0, 0.05) is 12.6 Å². The summed E-state index contributed by atoms with van der Waals surface area (Å²) < 4.78 is 5.41. The Morgan fingerprint density at radius 2 is 1.68 bits per heavy atom. The van der Waals surface area contributed by atoms with Crippen molar-refractivity contribution in [2.75, 3.05) is 6.54 Å². The molecule has 0 radical (unpaired) electrons. The lowest BCUT2D eigenvalue weighted by Gasteiger charge is -2.25. The minimum Gasteiger partial charge on any atom is -0.460 e. The third kappa shape index (κ3) is 7.56. The van der Waals surface area contributed by atoms with Gasteiger partial charge in [0.15, 0.2) is 0 Å². The maximum atomic E-state index is 11.9. The number of carbonyl (C=O) groups excluding carboxylic acids is 1. The number of rotatable bonds is 4. The lowest BCUT2D eigenvalue weighted by atomic mass is 9.96. The van der Waals surface area contributed by atoms with Gasteiger partial charge in [-0.1, -0.05) is 39.0 Å². The molecule has 0 aromatic rings. The van der Waals surface area contributed by atoms with Crippen LogP contribution in [0, 0.1) is 5.92 Å². The molecule has 1 atom stereocenters. The second-order valence-electron chi connectivity index (χ2n) is 6.88. The van der Waals surface area contributed by atoms with Gasteiger partial charge in [-0.25, -0.2) is 0 Å². The van der Waals surface area contributed by atoms with E-state index in [1.165, 1.54) is 44.9 Å². The average molecular weight is 269 g/mol. The minimum atomic E-state index is -0.383. The zero-order chi connectivity index (χ0) is 14.3. The molecular weight excluding hydrogens is 238 g/mol. The number of esters is 1. The van der Waals surface area contributed by atoms with E-state index in [1.807, 2.05) is 27.7 Å². The highest BCUT2D eigenvalue weighted by Gasteiger charge is 2.22. The van der Waals surface area contributed by atoms with Gasteiger partial charge in [-0.05, 0) is 33.6 Å². The Bertz CT molecular complexity index is 262. The highest BCUT2D eigenvalue weighted by molar-refractivity contribution is 5.72. The Kier molecular flexibility index (Phi) is 6.84. The van der Waals surface area contributed by atoms with E-state index in [4.69, 9.17) is 4.74 Å². The topological polar surface area (TPSA) is 38.3 Å². The van der Waals surface area contributed by atoms with Gasteiger partial charge >= 0.3 is 5.97 Å². The molecule has 1 rings (SSSR count). The van der Waals surface area contributed by atoms with E-state index >= 15 is 0 Å². The van der Waals surface area contributed by atoms with E-state index in [2.05, 4.69) is 5.32 Å². The van der Waals surface area contributed by atoms with Crippen LogP contribution in [0.3, 0.4) is 0 Å². The van der Waals surface area contributed by atoms with E-state index in [-0.39, 0.29) is 17.5 Å². The lowest BCUT2D eigenvalue weighted by molar-refractivity contribution is -0.159. The molecule has 1 unspecified atom stereocenters. The van der Waals surface area contributed by atoms with Crippen LogP contribution in [-0.2, 0) is 9.53 Å². The molecule has 0 aromatic carbocycles. The van der Waals surface area contributed by atoms with Crippen LogP contribution in [0.1, 0.15) is 72.6 Å². The van der Waals surface area contributed by atoms with Crippen molar-refractivity contribution in [3.8, 4) is 0 Å². The number of hydrogen-bond donors (Lipinski definition) is 1. The van der Waals surface area contributed by atoms with E-state index in [0.29, 0.717) is 6.04 Å². The molecule has 1 aliphatic rings. The van der Waals surface area contributed by atoms with Crippen molar-refractivity contribution in [1.29, 1.82) is 0 Å². The Balaban J connectivity index is 2.27. The van der Waals surface area contributed by atoms with Crippen molar-refractivity contribution < 1.29 is 9.53 Å². The number of carbonyl (C=O) groups is 1. The summed E-state index contributed by atoms with van der Waals surface area (Å²) in [5.41, 5.74) is -0.383.